The zero-order chi connectivity index (χ0) is 22.2. The molecular weight excluding hydrogens is 499 g/mol. The molecule has 31 heavy (non-hydrogen) atoms. The molecule has 0 bridgehead atoms. The molecule has 2 aliphatic rings. The number of anilines is 1. The SMILES string of the molecule is C[C@H]1C(C(=O)N[N+]2(C)CCCCC2)=NN(c2ccc(Cl)cc2Cl)[C@@H]1c1ccc(Br)cc1. The van der Waals surface area contributed by atoms with Crippen LogP contribution in [0.4, 0.5) is 5.69 Å². The van der Waals surface area contributed by atoms with Crippen LogP contribution in [0.2, 0.25) is 10.0 Å². The van der Waals surface area contributed by atoms with E-state index in [0.717, 1.165) is 41.7 Å². The molecule has 164 valence electrons. The summed E-state index contributed by atoms with van der Waals surface area (Å²) < 4.78 is 1.55. The third-order valence-corrected chi connectivity index (χ3v) is 7.23. The highest BCUT2D eigenvalue weighted by molar-refractivity contribution is 9.10. The third kappa shape index (κ3) is 4.77. The van der Waals surface area contributed by atoms with Crippen LogP contribution in [0.1, 0.15) is 37.8 Å². The normalized spacial score (nSPS) is 22.9. The molecule has 0 spiro atoms. The van der Waals surface area contributed by atoms with Gasteiger partial charge in [-0.1, -0.05) is 58.2 Å². The lowest BCUT2D eigenvalue weighted by Crippen LogP contribution is -2.61. The van der Waals surface area contributed by atoms with E-state index < -0.39 is 0 Å². The number of rotatable bonds is 4. The Kier molecular flexibility index (Phi) is 6.63. The maximum Gasteiger partial charge on any atom is 0.312 e. The molecule has 2 aromatic rings. The Hall–Kier alpha value is -1.60. The lowest BCUT2D eigenvalue weighted by atomic mass is 9.91. The number of nitrogens with one attached hydrogen (secondary N) is 1. The van der Waals surface area contributed by atoms with E-state index in [2.05, 4.69) is 40.5 Å². The minimum Gasteiger partial charge on any atom is -0.263 e. The quantitative estimate of drug-likeness (QED) is 0.500. The number of carbonyl (C=O) groups excluding carboxylic acids is 1. The Bertz CT molecular complexity index is 1010. The summed E-state index contributed by atoms with van der Waals surface area (Å²) in [5.41, 5.74) is 5.53. The van der Waals surface area contributed by atoms with Crippen molar-refractivity contribution >= 4 is 56.4 Å². The van der Waals surface area contributed by atoms with Gasteiger partial charge < -0.3 is 0 Å². The first-order valence-corrected chi connectivity index (χ1v) is 12.1. The van der Waals surface area contributed by atoms with Gasteiger partial charge in [-0.25, -0.2) is 4.59 Å². The van der Waals surface area contributed by atoms with Crippen molar-refractivity contribution in [1.29, 1.82) is 0 Å². The van der Waals surface area contributed by atoms with E-state index in [9.17, 15) is 4.79 Å². The van der Waals surface area contributed by atoms with E-state index in [0.29, 0.717) is 20.3 Å². The van der Waals surface area contributed by atoms with E-state index in [1.165, 1.54) is 6.42 Å². The van der Waals surface area contributed by atoms with Crippen LogP contribution in [0.25, 0.3) is 0 Å². The van der Waals surface area contributed by atoms with Gasteiger partial charge in [0.05, 0.1) is 23.8 Å². The summed E-state index contributed by atoms with van der Waals surface area (Å²) in [6.45, 7) is 3.93. The smallest absolute Gasteiger partial charge is 0.263 e. The molecule has 5 nitrogen and oxygen atoms in total. The number of hydrazone groups is 1. The first-order chi connectivity index (χ1) is 14.8. The average molecular weight is 525 g/mol. The van der Waals surface area contributed by atoms with Crippen LogP contribution < -0.4 is 10.4 Å². The zero-order valence-electron chi connectivity index (χ0n) is 17.6. The topological polar surface area (TPSA) is 44.7 Å². The predicted octanol–water partition coefficient (Wildman–Crippen LogP) is 5.97. The molecule has 0 unspecified atom stereocenters. The van der Waals surface area contributed by atoms with Crippen molar-refractivity contribution in [2.75, 3.05) is 25.1 Å². The highest BCUT2D eigenvalue weighted by Crippen LogP contribution is 2.42. The lowest BCUT2D eigenvalue weighted by molar-refractivity contribution is -0.947. The fourth-order valence-corrected chi connectivity index (χ4v) is 5.23. The highest BCUT2D eigenvalue weighted by atomic mass is 79.9. The summed E-state index contributed by atoms with van der Waals surface area (Å²) in [5, 5.41) is 7.72. The summed E-state index contributed by atoms with van der Waals surface area (Å²) >= 11 is 16.2. The van der Waals surface area contributed by atoms with E-state index in [4.69, 9.17) is 28.3 Å². The summed E-state index contributed by atoms with van der Waals surface area (Å²) in [6, 6.07) is 13.3. The van der Waals surface area contributed by atoms with E-state index >= 15 is 0 Å². The van der Waals surface area contributed by atoms with Gasteiger partial charge in [-0.05, 0) is 55.2 Å². The van der Waals surface area contributed by atoms with Crippen LogP contribution in [-0.4, -0.2) is 36.3 Å². The molecule has 1 fully saturated rings. The van der Waals surface area contributed by atoms with Crippen LogP contribution in [0.15, 0.2) is 52.0 Å². The molecule has 8 heteroatoms. The van der Waals surface area contributed by atoms with Crippen LogP contribution in [0.3, 0.4) is 0 Å². The van der Waals surface area contributed by atoms with Crippen LogP contribution >= 0.6 is 39.1 Å². The second-order valence-corrected chi connectivity index (χ2v) is 10.3. The molecule has 0 radical (unpaired) electrons. The minimum atomic E-state index is -0.154. The van der Waals surface area contributed by atoms with Crippen molar-refractivity contribution in [3.63, 3.8) is 0 Å². The van der Waals surface area contributed by atoms with Gasteiger partial charge in [-0.15, -0.1) is 0 Å². The Morgan fingerprint density at radius 3 is 2.45 bits per heavy atom. The van der Waals surface area contributed by atoms with Gasteiger partial charge in [0.25, 0.3) is 0 Å². The summed E-state index contributed by atoms with van der Waals surface area (Å²) in [6.07, 6.45) is 3.45. The van der Waals surface area contributed by atoms with Crippen molar-refractivity contribution in [3.05, 3.63) is 62.5 Å². The number of quaternary nitrogens is 1. The fourth-order valence-electron chi connectivity index (χ4n) is 4.47. The highest BCUT2D eigenvalue weighted by Gasteiger charge is 2.42. The van der Waals surface area contributed by atoms with Gasteiger partial charge in [0.15, 0.2) is 0 Å². The number of nitrogens with zero attached hydrogens (tertiary/aromatic N) is 3. The Balaban J connectivity index is 1.70. The van der Waals surface area contributed by atoms with E-state index in [-0.39, 0.29) is 17.9 Å². The van der Waals surface area contributed by atoms with Crippen molar-refractivity contribution in [3.8, 4) is 0 Å². The molecule has 2 aliphatic heterocycles. The Morgan fingerprint density at radius 2 is 1.81 bits per heavy atom. The number of halogens is 3. The number of carbonyl (C=O) groups is 1. The number of amides is 1. The number of hydrogen-bond donors (Lipinski definition) is 1. The van der Waals surface area contributed by atoms with Gasteiger partial charge >= 0.3 is 5.91 Å². The minimum absolute atomic E-state index is 0.119. The number of benzene rings is 2. The first-order valence-electron chi connectivity index (χ1n) is 10.5. The average Bonchev–Trinajstić information content (AvgIpc) is 3.06. The predicted molar refractivity (Wildman–Crippen MR) is 130 cm³/mol. The Morgan fingerprint density at radius 1 is 1.13 bits per heavy atom. The largest absolute Gasteiger partial charge is 0.312 e. The standard InChI is InChI=1S/C23H25BrCl2N4O/c1-15-21(23(31)28-30(2)12-4-3-5-13-30)27-29(20-11-10-18(25)14-19(20)26)22(15)16-6-8-17(24)9-7-16/h6-11,14-15,22H,3-5,12-13H2,1-2H3/p+1/t15-,22-/m0/s1. The molecule has 2 heterocycles. The summed E-state index contributed by atoms with van der Waals surface area (Å²) in [7, 11) is 2.08. The van der Waals surface area contributed by atoms with Crippen molar-refractivity contribution in [2.24, 2.45) is 11.0 Å². The molecule has 0 saturated carbocycles. The maximum absolute atomic E-state index is 13.3. The van der Waals surface area contributed by atoms with Crippen molar-refractivity contribution < 1.29 is 9.39 Å². The zero-order valence-corrected chi connectivity index (χ0v) is 20.7. The maximum atomic E-state index is 13.3. The van der Waals surface area contributed by atoms with Crippen LogP contribution in [0, 0.1) is 5.92 Å². The van der Waals surface area contributed by atoms with Crippen LogP contribution in [-0.2, 0) is 4.79 Å². The number of piperidine rings is 1. The fraction of sp³-hybridized carbons (Fsp3) is 0.391. The summed E-state index contributed by atoms with van der Waals surface area (Å²) in [5.74, 6) is -0.240. The van der Waals surface area contributed by atoms with E-state index in [1.54, 1.807) is 12.1 Å². The molecular formula is C23H26BrCl2N4O+. The monoisotopic (exact) mass is 523 g/mol. The molecule has 4 rings (SSSR count). The van der Waals surface area contributed by atoms with Gasteiger partial charge in [-0.3, -0.25) is 9.80 Å². The number of likely N-dealkylation sites (tertiary alicyclic amines) is 1. The number of hydrogen-bond acceptors (Lipinski definition) is 3. The lowest BCUT2D eigenvalue weighted by Gasteiger charge is -2.36. The van der Waals surface area contributed by atoms with Crippen LogP contribution in [0.5, 0.6) is 0 Å². The Labute approximate surface area is 201 Å². The van der Waals surface area contributed by atoms with Gasteiger partial charge in [0, 0.05) is 15.4 Å². The molecule has 1 amide bonds. The third-order valence-electron chi connectivity index (χ3n) is 6.16. The van der Waals surface area contributed by atoms with E-state index in [1.807, 2.05) is 30.1 Å². The molecule has 1 saturated heterocycles. The molecule has 2 atom stereocenters. The summed E-state index contributed by atoms with van der Waals surface area (Å²) in [4.78, 5) is 13.3. The van der Waals surface area contributed by atoms with Gasteiger partial charge in [0.2, 0.25) is 0 Å². The second-order valence-electron chi connectivity index (χ2n) is 8.56. The molecule has 2 aromatic carbocycles. The van der Waals surface area contributed by atoms with Gasteiger partial charge in [0.1, 0.15) is 18.8 Å². The van der Waals surface area contributed by atoms with Crippen molar-refractivity contribution in [1.82, 2.24) is 5.43 Å². The first kappa shape index (κ1) is 22.6. The van der Waals surface area contributed by atoms with Gasteiger partial charge in [-0.2, -0.15) is 10.5 Å². The second kappa shape index (κ2) is 9.10. The molecule has 1 N–H and O–H groups in total. The van der Waals surface area contributed by atoms with Crippen molar-refractivity contribution in [2.45, 2.75) is 32.2 Å². The molecule has 0 aromatic heterocycles. The molecule has 0 aliphatic carbocycles.